The van der Waals surface area contributed by atoms with E-state index >= 15 is 0 Å². The number of nitrogens with one attached hydrogen (secondary N) is 1. The minimum atomic E-state index is -0.782. The van der Waals surface area contributed by atoms with Crippen molar-refractivity contribution in [2.75, 3.05) is 0 Å². The van der Waals surface area contributed by atoms with Crippen LogP contribution in [0.5, 0.6) is 0 Å². The van der Waals surface area contributed by atoms with Crippen molar-refractivity contribution in [3.8, 4) is 0 Å². The van der Waals surface area contributed by atoms with Crippen molar-refractivity contribution in [2.45, 2.75) is 83.6 Å². The van der Waals surface area contributed by atoms with Crippen LogP contribution in [0.1, 0.15) is 77.6 Å². The van der Waals surface area contributed by atoms with Gasteiger partial charge in [0.1, 0.15) is 0 Å². The van der Waals surface area contributed by atoms with E-state index in [1.165, 1.54) is 32.1 Å². The number of unbranched alkanes of at least 4 members (excludes halogenated alkanes) is 2. The highest BCUT2D eigenvalue weighted by molar-refractivity contribution is 5.76. The van der Waals surface area contributed by atoms with E-state index < -0.39 is 5.97 Å². The van der Waals surface area contributed by atoms with E-state index in [1.807, 2.05) is 0 Å². The Morgan fingerprint density at radius 1 is 1.05 bits per heavy atom. The van der Waals surface area contributed by atoms with Crippen molar-refractivity contribution < 1.29 is 14.7 Å². The van der Waals surface area contributed by atoms with Gasteiger partial charge in [0.05, 0.1) is 0 Å². The van der Waals surface area contributed by atoms with Crippen molar-refractivity contribution in [3.05, 3.63) is 0 Å². The van der Waals surface area contributed by atoms with Crippen LogP contribution in [0.15, 0.2) is 0 Å². The smallest absolute Gasteiger partial charge is 0.303 e. The average molecular weight is 283 g/mol. The first-order valence-electron chi connectivity index (χ1n) is 8.13. The van der Waals surface area contributed by atoms with E-state index in [0.29, 0.717) is 25.3 Å². The van der Waals surface area contributed by atoms with Gasteiger partial charge in [-0.15, -0.1) is 0 Å². The molecule has 1 amide bonds. The van der Waals surface area contributed by atoms with Crippen LogP contribution in [0.3, 0.4) is 0 Å². The molecule has 1 saturated carbocycles. The van der Waals surface area contributed by atoms with E-state index in [9.17, 15) is 9.59 Å². The molecule has 1 aliphatic rings. The van der Waals surface area contributed by atoms with Crippen molar-refractivity contribution in [1.29, 1.82) is 0 Å². The molecular weight excluding hydrogens is 254 g/mol. The Bertz CT molecular complexity index is 296. The Balaban J connectivity index is 2.07. The predicted octanol–water partition coefficient (Wildman–Crippen LogP) is 3.50. The minimum absolute atomic E-state index is 0.0902. The first-order chi connectivity index (χ1) is 9.61. The maximum atomic E-state index is 11.8. The summed E-state index contributed by atoms with van der Waals surface area (Å²) in [4.78, 5) is 22.1. The standard InChI is InChI=1S/C16H29NO3/c1-2-3-6-13-9-11-14(12-10-13)17-15(18)7-4-5-8-16(19)20/h13-14H,2-12H2,1H3,(H,17,18)(H,19,20). The zero-order chi connectivity index (χ0) is 14.8. The third-order valence-electron chi connectivity index (χ3n) is 4.22. The third kappa shape index (κ3) is 7.51. The number of hydrogen-bond donors (Lipinski definition) is 2. The zero-order valence-electron chi connectivity index (χ0n) is 12.7. The maximum Gasteiger partial charge on any atom is 0.303 e. The lowest BCUT2D eigenvalue weighted by atomic mass is 9.83. The van der Waals surface area contributed by atoms with Gasteiger partial charge < -0.3 is 10.4 Å². The lowest BCUT2D eigenvalue weighted by Crippen LogP contribution is -2.37. The third-order valence-corrected chi connectivity index (χ3v) is 4.22. The second-order valence-electron chi connectivity index (χ2n) is 6.03. The highest BCUT2D eigenvalue weighted by atomic mass is 16.4. The van der Waals surface area contributed by atoms with Crippen molar-refractivity contribution >= 4 is 11.9 Å². The van der Waals surface area contributed by atoms with E-state index in [-0.39, 0.29) is 12.3 Å². The van der Waals surface area contributed by atoms with Crippen LogP contribution in [0.4, 0.5) is 0 Å². The summed E-state index contributed by atoms with van der Waals surface area (Å²) >= 11 is 0. The van der Waals surface area contributed by atoms with Crippen LogP contribution >= 0.6 is 0 Å². The Morgan fingerprint density at radius 3 is 2.30 bits per heavy atom. The van der Waals surface area contributed by atoms with Gasteiger partial charge in [0.2, 0.25) is 5.91 Å². The molecule has 0 radical (unpaired) electrons. The van der Waals surface area contributed by atoms with Crippen molar-refractivity contribution in [2.24, 2.45) is 5.92 Å². The van der Waals surface area contributed by atoms with E-state index in [4.69, 9.17) is 5.11 Å². The van der Waals surface area contributed by atoms with Gasteiger partial charge in [-0.3, -0.25) is 9.59 Å². The predicted molar refractivity (Wildman–Crippen MR) is 79.5 cm³/mol. The SMILES string of the molecule is CCCCC1CCC(NC(=O)CCCCC(=O)O)CC1. The summed E-state index contributed by atoms with van der Waals surface area (Å²) in [5.41, 5.74) is 0. The quantitative estimate of drug-likeness (QED) is 0.636. The molecule has 20 heavy (non-hydrogen) atoms. The zero-order valence-corrected chi connectivity index (χ0v) is 12.7. The second kappa shape index (κ2) is 9.78. The van der Waals surface area contributed by atoms with Crippen LogP contribution in [0.2, 0.25) is 0 Å². The summed E-state index contributed by atoms with van der Waals surface area (Å²) in [5, 5.41) is 11.6. The van der Waals surface area contributed by atoms with Crippen LogP contribution in [-0.4, -0.2) is 23.0 Å². The monoisotopic (exact) mass is 283 g/mol. The molecule has 1 fully saturated rings. The summed E-state index contributed by atoms with van der Waals surface area (Å²) < 4.78 is 0. The molecule has 0 unspecified atom stereocenters. The topological polar surface area (TPSA) is 66.4 Å². The van der Waals surface area contributed by atoms with Gasteiger partial charge in [-0.2, -0.15) is 0 Å². The molecular formula is C16H29NO3. The molecule has 0 aromatic heterocycles. The van der Waals surface area contributed by atoms with Gasteiger partial charge in [0.15, 0.2) is 0 Å². The molecule has 0 aromatic carbocycles. The summed E-state index contributed by atoms with van der Waals surface area (Å²) in [6.45, 7) is 2.23. The Labute approximate surface area is 122 Å². The van der Waals surface area contributed by atoms with Crippen molar-refractivity contribution in [1.82, 2.24) is 5.32 Å². The van der Waals surface area contributed by atoms with Crippen molar-refractivity contribution in [3.63, 3.8) is 0 Å². The molecule has 0 heterocycles. The maximum absolute atomic E-state index is 11.8. The van der Waals surface area contributed by atoms with Gasteiger partial charge in [-0.25, -0.2) is 0 Å². The summed E-state index contributed by atoms with van der Waals surface area (Å²) in [7, 11) is 0. The molecule has 116 valence electrons. The largest absolute Gasteiger partial charge is 0.481 e. The number of amides is 1. The average Bonchev–Trinajstić information content (AvgIpc) is 2.43. The summed E-state index contributed by atoms with van der Waals surface area (Å²) in [6, 6.07) is 0.347. The van der Waals surface area contributed by atoms with Gasteiger partial charge in [-0.1, -0.05) is 26.2 Å². The Hall–Kier alpha value is -1.06. The van der Waals surface area contributed by atoms with Gasteiger partial charge in [0.25, 0.3) is 0 Å². The molecule has 1 rings (SSSR count). The Morgan fingerprint density at radius 2 is 1.70 bits per heavy atom. The molecule has 0 saturated heterocycles. The molecule has 2 N–H and O–H groups in total. The van der Waals surface area contributed by atoms with Gasteiger partial charge in [0, 0.05) is 18.9 Å². The molecule has 4 heteroatoms. The fraction of sp³-hybridized carbons (Fsp3) is 0.875. The van der Waals surface area contributed by atoms with Crippen LogP contribution < -0.4 is 5.32 Å². The summed E-state index contributed by atoms with van der Waals surface area (Å²) in [6.07, 6.45) is 10.5. The molecule has 4 nitrogen and oxygen atoms in total. The number of aliphatic carboxylic acids is 1. The highest BCUT2D eigenvalue weighted by Gasteiger charge is 2.21. The number of carboxylic acid groups (broad SMARTS) is 1. The van der Waals surface area contributed by atoms with Gasteiger partial charge in [-0.05, 0) is 44.4 Å². The highest BCUT2D eigenvalue weighted by Crippen LogP contribution is 2.28. The molecule has 0 aliphatic heterocycles. The fourth-order valence-corrected chi connectivity index (χ4v) is 2.95. The fourth-order valence-electron chi connectivity index (χ4n) is 2.95. The Kier molecular flexibility index (Phi) is 8.31. The van der Waals surface area contributed by atoms with Crippen LogP contribution in [-0.2, 0) is 9.59 Å². The minimum Gasteiger partial charge on any atom is -0.481 e. The molecule has 0 atom stereocenters. The number of rotatable bonds is 9. The number of carboxylic acids is 1. The number of carbonyl (C=O) groups is 2. The van der Waals surface area contributed by atoms with E-state index in [0.717, 1.165) is 18.8 Å². The number of carbonyl (C=O) groups excluding carboxylic acids is 1. The summed E-state index contributed by atoms with van der Waals surface area (Å²) in [5.74, 6) is 0.168. The normalized spacial score (nSPS) is 22.4. The molecule has 0 aromatic rings. The molecule has 0 bridgehead atoms. The van der Waals surface area contributed by atoms with E-state index in [2.05, 4.69) is 12.2 Å². The molecule has 1 aliphatic carbocycles. The van der Waals surface area contributed by atoms with E-state index in [1.54, 1.807) is 0 Å². The first kappa shape index (κ1) is 17.0. The lowest BCUT2D eigenvalue weighted by molar-refractivity contribution is -0.137. The van der Waals surface area contributed by atoms with Crippen LogP contribution in [0.25, 0.3) is 0 Å². The first-order valence-corrected chi connectivity index (χ1v) is 8.13. The lowest BCUT2D eigenvalue weighted by Gasteiger charge is -2.29. The number of hydrogen-bond acceptors (Lipinski definition) is 2. The molecule has 0 spiro atoms. The van der Waals surface area contributed by atoms with Gasteiger partial charge >= 0.3 is 5.97 Å². The second-order valence-corrected chi connectivity index (χ2v) is 6.03. The van der Waals surface area contributed by atoms with Crippen LogP contribution in [0, 0.1) is 5.92 Å².